The number of nitrogens with one attached hydrogen (secondary N) is 4. The highest BCUT2D eigenvalue weighted by molar-refractivity contribution is 5.83. The van der Waals surface area contributed by atoms with Gasteiger partial charge in [0, 0.05) is 6.92 Å². The Kier molecular flexibility index (Phi) is 11.3. The number of amides is 5. The molecule has 0 radical (unpaired) electrons. The van der Waals surface area contributed by atoms with Crippen LogP contribution in [0.3, 0.4) is 0 Å². The fourth-order valence-electron chi connectivity index (χ4n) is 1.08. The van der Waals surface area contributed by atoms with Crippen LogP contribution in [0.5, 0.6) is 0 Å². The van der Waals surface area contributed by atoms with E-state index in [4.69, 9.17) is 20.2 Å². The zero-order chi connectivity index (χ0) is 21.9. The summed E-state index contributed by atoms with van der Waals surface area (Å²) in [7, 11) is 0. The molecular weight excluding hydrogens is 382 g/mol. The second-order valence-electron chi connectivity index (χ2n) is 5.50. The van der Waals surface area contributed by atoms with E-state index in [1.807, 2.05) is 21.9 Å². The third-order valence-electron chi connectivity index (χ3n) is 2.90. The zero-order valence-corrected chi connectivity index (χ0v) is 16.1. The van der Waals surface area contributed by atoms with Crippen molar-refractivity contribution >= 4 is 29.5 Å². The molecule has 0 aromatic rings. The van der Waals surface area contributed by atoms with Crippen LogP contribution >= 0.6 is 0 Å². The smallest absolute Gasteiger partial charge is 0.275 e. The number of hydrogen-bond acceptors (Lipinski definition) is 9. The standard InChI is InChI=1S/C14H25N5O9/c1-6(11(15)21)25-17-13(23)8(3)27-19-14(24)9(4)28-18-12(22)7(2)26-16-10(5)20/h6-9H,1-5H3,(H2,15,21)(H,16,20)(H,17,23)(H,18,22)(H,19,24)/t6-,7-,8-,9-/m0/s1. The molecule has 4 atom stereocenters. The molecule has 0 rings (SSSR count). The van der Waals surface area contributed by atoms with Gasteiger partial charge in [-0.2, -0.15) is 0 Å². The van der Waals surface area contributed by atoms with E-state index in [1.165, 1.54) is 34.6 Å². The number of carbonyl (C=O) groups excluding carboxylic acids is 5. The second kappa shape index (κ2) is 12.6. The third-order valence-corrected chi connectivity index (χ3v) is 2.90. The Labute approximate surface area is 160 Å². The molecule has 0 saturated carbocycles. The number of carbonyl (C=O) groups is 5. The highest BCUT2D eigenvalue weighted by Crippen LogP contribution is 1.95. The van der Waals surface area contributed by atoms with Crippen molar-refractivity contribution in [2.24, 2.45) is 5.73 Å². The Morgan fingerprint density at radius 1 is 0.607 bits per heavy atom. The van der Waals surface area contributed by atoms with Crippen LogP contribution in [0.4, 0.5) is 0 Å². The van der Waals surface area contributed by atoms with Crippen molar-refractivity contribution in [3.63, 3.8) is 0 Å². The molecule has 28 heavy (non-hydrogen) atoms. The Hall–Kier alpha value is -2.81. The van der Waals surface area contributed by atoms with E-state index in [0.29, 0.717) is 0 Å². The summed E-state index contributed by atoms with van der Waals surface area (Å²) in [5, 5.41) is 0. The summed E-state index contributed by atoms with van der Waals surface area (Å²) in [6.07, 6.45) is -4.52. The lowest BCUT2D eigenvalue weighted by Crippen LogP contribution is -2.46. The predicted octanol–water partition coefficient (Wildman–Crippen LogP) is -2.76. The van der Waals surface area contributed by atoms with Gasteiger partial charge in [0.05, 0.1) is 0 Å². The number of rotatable bonds is 12. The minimum Gasteiger partial charge on any atom is -0.367 e. The summed E-state index contributed by atoms with van der Waals surface area (Å²) in [6, 6.07) is 0. The van der Waals surface area contributed by atoms with Gasteiger partial charge in [-0.25, -0.2) is 21.9 Å². The molecule has 0 heterocycles. The first-order valence-electron chi connectivity index (χ1n) is 8.03. The number of nitrogens with two attached hydrogens (primary N) is 1. The monoisotopic (exact) mass is 407 g/mol. The fraction of sp³-hybridized carbons (Fsp3) is 0.643. The SMILES string of the molecule is CC(=O)NO[C@@H](C)C(=O)NO[C@@H](C)C(=O)NO[C@@H](C)C(=O)NO[C@@H](C)C(N)=O. The van der Waals surface area contributed by atoms with Crippen LogP contribution in [0.25, 0.3) is 0 Å². The Morgan fingerprint density at radius 3 is 1.18 bits per heavy atom. The van der Waals surface area contributed by atoms with Crippen LogP contribution in [0.2, 0.25) is 0 Å². The van der Waals surface area contributed by atoms with Gasteiger partial charge in [-0.05, 0) is 27.7 Å². The molecule has 0 unspecified atom stereocenters. The predicted molar refractivity (Wildman–Crippen MR) is 89.6 cm³/mol. The van der Waals surface area contributed by atoms with E-state index in [1.54, 1.807) is 0 Å². The topological polar surface area (TPSA) is 196 Å². The molecule has 0 fully saturated rings. The molecule has 14 heteroatoms. The third kappa shape index (κ3) is 10.4. The second-order valence-corrected chi connectivity index (χ2v) is 5.50. The van der Waals surface area contributed by atoms with Crippen molar-refractivity contribution in [3.8, 4) is 0 Å². The van der Waals surface area contributed by atoms with E-state index < -0.39 is 54.0 Å². The molecule has 0 aliphatic heterocycles. The van der Waals surface area contributed by atoms with Crippen molar-refractivity contribution in [1.29, 1.82) is 0 Å². The molecule has 6 N–H and O–H groups in total. The minimum atomic E-state index is -1.20. The molecule has 0 aliphatic carbocycles. The van der Waals surface area contributed by atoms with Crippen LogP contribution in [-0.2, 0) is 43.3 Å². The average Bonchev–Trinajstić information content (AvgIpc) is 2.64. The lowest BCUT2D eigenvalue weighted by atomic mass is 10.4. The molecule has 0 saturated heterocycles. The van der Waals surface area contributed by atoms with Crippen LogP contribution in [0, 0.1) is 0 Å². The van der Waals surface area contributed by atoms with Crippen molar-refractivity contribution in [3.05, 3.63) is 0 Å². The maximum Gasteiger partial charge on any atom is 0.275 e. The van der Waals surface area contributed by atoms with Crippen LogP contribution < -0.4 is 27.7 Å². The van der Waals surface area contributed by atoms with Crippen molar-refractivity contribution < 1.29 is 43.3 Å². The number of primary amides is 1. The molecule has 0 aromatic carbocycles. The van der Waals surface area contributed by atoms with Gasteiger partial charge in [-0.1, -0.05) is 0 Å². The van der Waals surface area contributed by atoms with Crippen molar-refractivity contribution in [2.75, 3.05) is 0 Å². The van der Waals surface area contributed by atoms with Crippen LogP contribution in [-0.4, -0.2) is 54.0 Å². The summed E-state index contributed by atoms with van der Waals surface area (Å²) < 4.78 is 0. The molecule has 0 bridgehead atoms. The van der Waals surface area contributed by atoms with E-state index in [0.717, 1.165) is 0 Å². The van der Waals surface area contributed by atoms with Gasteiger partial charge in [0.25, 0.3) is 17.7 Å². The van der Waals surface area contributed by atoms with Crippen molar-refractivity contribution in [1.82, 2.24) is 21.9 Å². The van der Waals surface area contributed by atoms with E-state index in [-0.39, 0.29) is 0 Å². The maximum absolute atomic E-state index is 11.8. The first-order valence-corrected chi connectivity index (χ1v) is 8.03. The molecule has 5 amide bonds. The van der Waals surface area contributed by atoms with Gasteiger partial charge in [-0.3, -0.25) is 43.3 Å². The minimum absolute atomic E-state index is 0.502. The normalized spacial score (nSPS) is 14.8. The summed E-state index contributed by atoms with van der Waals surface area (Å²) in [5.41, 5.74) is 12.8. The average molecular weight is 407 g/mol. The first kappa shape index (κ1) is 25.2. The van der Waals surface area contributed by atoms with Gasteiger partial charge in [-0.15, -0.1) is 0 Å². The van der Waals surface area contributed by atoms with Gasteiger partial charge in [0.2, 0.25) is 11.8 Å². The van der Waals surface area contributed by atoms with Crippen LogP contribution in [0.1, 0.15) is 34.6 Å². The van der Waals surface area contributed by atoms with Gasteiger partial charge in [0.15, 0.2) is 24.4 Å². The molecule has 0 aliphatic rings. The quantitative estimate of drug-likeness (QED) is 0.213. The number of hydrogen-bond donors (Lipinski definition) is 5. The molecule has 0 aromatic heterocycles. The number of hydroxylamine groups is 4. The highest BCUT2D eigenvalue weighted by Gasteiger charge is 2.22. The molecular formula is C14H25N5O9. The summed E-state index contributed by atoms with van der Waals surface area (Å²) in [5.74, 6) is -3.66. The van der Waals surface area contributed by atoms with Crippen molar-refractivity contribution in [2.45, 2.75) is 59.0 Å². The van der Waals surface area contributed by atoms with E-state index in [2.05, 4.69) is 4.84 Å². The summed E-state index contributed by atoms with van der Waals surface area (Å²) >= 11 is 0. The highest BCUT2D eigenvalue weighted by atomic mass is 16.7. The zero-order valence-electron chi connectivity index (χ0n) is 16.1. The Balaban J connectivity index is 4.19. The van der Waals surface area contributed by atoms with E-state index in [9.17, 15) is 24.0 Å². The molecule has 160 valence electrons. The maximum atomic E-state index is 11.8. The molecule has 14 nitrogen and oxygen atoms in total. The lowest BCUT2D eigenvalue weighted by Gasteiger charge is -2.18. The fourth-order valence-corrected chi connectivity index (χ4v) is 1.08. The van der Waals surface area contributed by atoms with Crippen LogP contribution in [0.15, 0.2) is 0 Å². The Bertz CT molecular complexity index is 586. The first-order chi connectivity index (χ1) is 13.0. The Morgan fingerprint density at radius 2 is 0.893 bits per heavy atom. The van der Waals surface area contributed by atoms with Gasteiger partial charge < -0.3 is 5.73 Å². The lowest BCUT2D eigenvalue weighted by molar-refractivity contribution is -0.168. The van der Waals surface area contributed by atoms with Gasteiger partial charge in [0.1, 0.15) is 0 Å². The molecule has 0 spiro atoms. The van der Waals surface area contributed by atoms with E-state index >= 15 is 0 Å². The summed E-state index contributed by atoms with van der Waals surface area (Å²) in [4.78, 5) is 75.6. The summed E-state index contributed by atoms with van der Waals surface area (Å²) in [6.45, 7) is 6.44. The van der Waals surface area contributed by atoms with Gasteiger partial charge >= 0.3 is 0 Å². The largest absolute Gasteiger partial charge is 0.367 e.